The smallest absolute Gasteiger partial charge is 0.407 e. The molecular weight excluding hydrogens is 458 g/mol. The summed E-state index contributed by atoms with van der Waals surface area (Å²) in [5.41, 5.74) is 0.588. The summed E-state index contributed by atoms with van der Waals surface area (Å²) < 4.78 is 59.4. The lowest BCUT2D eigenvalue weighted by molar-refractivity contribution is -0.127. The molecule has 0 aromatic carbocycles. The maximum Gasteiger partial charge on any atom is 0.407 e. The Hall–Kier alpha value is -3.38. The van der Waals surface area contributed by atoms with E-state index in [0.29, 0.717) is 23.6 Å². The molecule has 3 aromatic rings. The number of anilines is 2. The Morgan fingerprint density at radius 1 is 1.35 bits per heavy atom. The summed E-state index contributed by atoms with van der Waals surface area (Å²) in [4.78, 5) is 20.2. The summed E-state index contributed by atoms with van der Waals surface area (Å²) in [5, 5.41) is 12.7. The number of fused-ring (bicyclic) bond motifs is 1. The molecule has 3 aromatic heterocycles. The van der Waals surface area contributed by atoms with Crippen molar-refractivity contribution in [3.05, 3.63) is 35.9 Å². The van der Waals surface area contributed by atoms with Crippen LogP contribution in [0, 0.1) is 0 Å². The van der Waals surface area contributed by atoms with Crippen LogP contribution in [0.2, 0.25) is 0 Å². The molecule has 34 heavy (non-hydrogen) atoms. The van der Waals surface area contributed by atoms with Crippen molar-refractivity contribution in [1.29, 1.82) is 0 Å². The summed E-state index contributed by atoms with van der Waals surface area (Å²) in [6, 6.07) is 3.18. The number of rotatable bonds is 6. The third-order valence-corrected chi connectivity index (χ3v) is 6.18. The molecule has 0 saturated heterocycles. The normalized spacial score (nSPS) is 23.7. The number of carbonyl (C=O) groups excluding carboxylic acids is 1. The number of alkyl halides is 4. The number of hydrogen-bond donors (Lipinski definition) is 3. The predicted molar refractivity (Wildman–Crippen MR) is 113 cm³/mol. The van der Waals surface area contributed by atoms with E-state index in [1.54, 1.807) is 6.07 Å². The first-order valence-electron chi connectivity index (χ1n) is 10.9. The van der Waals surface area contributed by atoms with Crippen LogP contribution in [-0.4, -0.2) is 54.7 Å². The van der Waals surface area contributed by atoms with Gasteiger partial charge in [0.2, 0.25) is 5.95 Å². The van der Waals surface area contributed by atoms with Crippen LogP contribution < -0.4 is 10.6 Å². The molecule has 182 valence electrons. The number of aromatic amines is 1. The number of carbonyl (C=O) groups is 1. The molecule has 2 aliphatic carbocycles. The fourth-order valence-corrected chi connectivity index (χ4v) is 4.13. The number of nitrogens with one attached hydrogen (secondary N) is 3. The number of halogens is 4. The van der Waals surface area contributed by atoms with Crippen LogP contribution in [-0.2, 0) is 11.2 Å². The minimum absolute atomic E-state index is 0.128. The minimum atomic E-state index is -4.37. The van der Waals surface area contributed by atoms with Crippen LogP contribution >= 0.6 is 0 Å². The highest BCUT2D eigenvalue weighted by Crippen LogP contribution is 2.39. The molecule has 0 radical (unpaired) electrons. The Balaban J connectivity index is 1.25. The monoisotopic (exact) mass is 481 g/mol. The fourth-order valence-electron chi connectivity index (χ4n) is 4.13. The molecule has 0 bridgehead atoms. The summed E-state index contributed by atoms with van der Waals surface area (Å²) >= 11 is 0. The van der Waals surface area contributed by atoms with Crippen molar-refractivity contribution >= 4 is 23.5 Å². The van der Waals surface area contributed by atoms with E-state index >= 15 is 0 Å². The fraction of sp³-hybridized carbons (Fsp3) is 0.524. The van der Waals surface area contributed by atoms with Gasteiger partial charge in [-0.2, -0.15) is 18.3 Å². The van der Waals surface area contributed by atoms with Gasteiger partial charge in [-0.05, 0) is 38.7 Å². The lowest BCUT2D eigenvalue weighted by Crippen LogP contribution is -2.38. The molecule has 3 N–H and O–H groups in total. The first-order chi connectivity index (χ1) is 16.1. The van der Waals surface area contributed by atoms with E-state index < -0.39 is 31.0 Å². The van der Waals surface area contributed by atoms with E-state index in [4.69, 9.17) is 4.74 Å². The second-order valence-corrected chi connectivity index (χ2v) is 9.17. The summed E-state index contributed by atoms with van der Waals surface area (Å²) in [5.74, 6) is 0.362. The molecule has 1 amide bonds. The highest BCUT2D eigenvalue weighted by atomic mass is 19.4. The van der Waals surface area contributed by atoms with Crippen molar-refractivity contribution in [2.45, 2.75) is 68.9 Å². The number of nitrogens with zero attached hydrogens (tertiary/aromatic N) is 4. The quantitative estimate of drug-likeness (QED) is 0.456. The Bertz CT molecular complexity index is 1200. The molecular formula is C21H23F4N7O2. The van der Waals surface area contributed by atoms with Gasteiger partial charge in [0.05, 0.1) is 12.1 Å². The topological polar surface area (TPSA) is 109 Å². The Labute approximate surface area is 191 Å². The highest BCUT2D eigenvalue weighted by molar-refractivity contribution is 5.69. The first-order valence-corrected chi connectivity index (χ1v) is 10.9. The van der Waals surface area contributed by atoms with Crippen LogP contribution in [0.25, 0.3) is 5.65 Å². The molecule has 5 rings (SSSR count). The molecule has 2 fully saturated rings. The molecule has 3 heterocycles. The molecule has 0 unspecified atom stereocenters. The van der Waals surface area contributed by atoms with E-state index in [2.05, 4.69) is 30.8 Å². The third kappa shape index (κ3) is 4.92. The number of H-pyrrole nitrogens is 1. The van der Waals surface area contributed by atoms with Gasteiger partial charge in [-0.1, -0.05) is 0 Å². The third-order valence-electron chi connectivity index (χ3n) is 6.18. The maximum atomic E-state index is 14.5. The zero-order valence-electron chi connectivity index (χ0n) is 18.2. The van der Waals surface area contributed by atoms with Crippen LogP contribution in [0.15, 0.2) is 24.5 Å². The lowest BCUT2D eigenvalue weighted by atomic mass is 10.0. The highest BCUT2D eigenvalue weighted by Gasteiger charge is 2.42. The lowest BCUT2D eigenvalue weighted by Gasteiger charge is -2.17. The van der Waals surface area contributed by atoms with Crippen molar-refractivity contribution in [2.75, 3.05) is 5.32 Å². The number of amides is 1. The van der Waals surface area contributed by atoms with E-state index in [0.717, 1.165) is 12.8 Å². The van der Waals surface area contributed by atoms with Crippen molar-refractivity contribution in [3.63, 3.8) is 0 Å². The van der Waals surface area contributed by atoms with Gasteiger partial charge in [-0.25, -0.2) is 19.2 Å². The standard InChI is InChI=1S/C21H23F4N7O2/c1-20(3-4-20)29-19(33)34-15-7-11(6-13(15)22)14-8-16(31-30-14)28-18-26-5-2-17-27-12(10-32(17)18)9-21(23,24)25/h2,5,8,10-11,13,15H,3-4,6-7,9H2,1H3,(H,29,33)(H2,26,28,30,31)/t11-,13+,15-/m0/s1. The van der Waals surface area contributed by atoms with Gasteiger partial charge in [-0.15, -0.1) is 0 Å². The molecule has 2 saturated carbocycles. The largest absolute Gasteiger partial charge is 0.443 e. The first kappa shape index (κ1) is 22.4. The van der Waals surface area contributed by atoms with Crippen molar-refractivity contribution in [1.82, 2.24) is 29.9 Å². The van der Waals surface area contributed by atoms with Gasteiger partial charge >= 0.3 is 12.3 Å². The van der Waals surface area contributed by atoms with Gasteiger partial charge in [0, 0.05) is 35.6 Å². The van der Waals surface area contributed by atoms with Gasteiger partial charge in [0.1, 0.15) is 17.9 Å². The number of imidazole rings is 1. The number of ether oxygens (including phenoxy) is 1. The van der Waals surface area contributed by atoms with Crippen LogP contribution in [0.1, 0.15) is 49.9 Å². The van der Waals surface area contributed by atoms with Crippen LogP contribution in [0.4, 0.5) is 34.1 Å². The Morgan fingerprint density at radius 3 is 2.88 bits per heavy atom. The van der Waals surface area contributed by atoms with E-state index in [1.165, 1.54) is 22.9 Å². The number of hydrogen-bond acceptors (Lipinski definition) is 6. The van der Waals surface area contributed by atoms with E-state index in [-0.39, 0.29) is 29.5 Å². The van der Waals surface area contributed by atoms with Crippen molar-refractivity contribution in [3.8, 4) is 0 Å². The maximum absolute atomic E-state index is 14.5. The molecule has 0 aliphatic heterocycles. The molecule has 2 aliphatic rings. The van der Waals surface area contributed by atoms with Crippen LogP contribution in [0.3, 0.4) is 0 Å². The van der Waals surface area contributed by atoms with E-state index in [1.807, 2.05) is 6.92 Å². The molecule has 3 atom stereocenters. The van der Waals surface area contributed by atoms with E-state index in [9.17, 15) is 22.4 Å². The summed E-state index contributed by atoms with van der Waals surface area (Å²) in [6.07, 6.45) is -3.33. The SMILES string of the molecule is CC1(NC(=O)O[C@H]2C[C@@H](c3cc(Nc4nccc5nc(CC(F)(F)F)cn45)n[nH]3)C[C@H]2F)CC1. The molecule has 9 nitrogen and oxygen atoms in total. The van der Waals surface area contributed by atoms with Crippen LogP contribution in [0.5, 0.6) is 0 Å². The molecule has 13 heteroatoms. The summed E-state index contributed by atoms with van der Waals surface area (Å²) in [6.45, 7) is 1.91. The van der Waals surface area contributed by atoms with Gasteiger partial charge in [0.15, 0.2) is 5.82 Å². The summed E-state index contributed by atoms with van der Waals surface area (Å²) in [7, 11) is 0. The van der Waals surface area contributed by atoms with Crippen molar-refractivity contribution in [2.24, 2.45) is 0 Å². The second kappa shape index (κ2) is 8.13. The van der Waals surface area contributed by atoms with Gasteiger partial charge < -0.3 is 15.4 Å². The number of aromatic nitrogens is 5. The van der Waals surface area contributed by atoms with Crippen molar-refractivity contribution < 1.29 is 27.1 Å². The zero-order valence-corrected chi connectivity index (χ0v) is 18.2. The Kier molecular flexibility index (Phi) is 5.36. The average molecular weight is 481 g/mol. The Morgan fingerprint density at radius 2 is 2.15 bits per heavy atom. The molecule has 0 spiro atoms. The number of alkyl carbamates (subject to hydrolysis) is 1. The average Bonchev–Trinajstić information content (AvgIpc) is 3.11. The zero-order chi connectivity index (χ0) is 24.1. The minimum Gasteiger partial charge on any atom is -0.443 e. The van der Waals surface area contributed by atoms with Gasteiger partial charge in [0.25, 0.3) is 0 Å². The van der Waals surface area contributed by atoms with Gasteiger partial charge in [-0.3, -0.25) is 9.50 Å². The predicted octanol–water partition coefficient (Wildman–Crippen LogP) is 4.16. The second-order valence-electron chi connectivity index (χ2n) is 9.17.